The normalized spacial score (nSPS) is 19.1. The third kappa shape index (κ3) is 4.00. The van der Waals surface area contributed by atoms with Crippen LogP contribution in [0, 0.1) is 0 Å². The Morgan fingerprint density at radius 1 is 1.25 bits per heavy atom. The molecule has 2 aromatic rings. The van der Waals surface area contributed by atoms with Gasteiger partial charge in [-0.05, 0) is 31.5 Å². The Morgan fingerprint density at radius 3 is 2.79 bits per heavy atom. The van der Waals surface area contributed by atoms with Crippen LogP contribution in [0.3, 0.4) is 0 Å². The summed E-state index contributed by atoms with van der Waals surface area (Å²) in [5.74, 6) is 1.68. The van der Waals surface area contributed by atoms with Gasteiger partial charge in [-0.2, -0.15) is 4.98 Å². The molecule has 128 valence electrons. The predicted octanol–water partition coefficient (Wildman–Crippen LogP) is 1.50. The predicted molar refractivity (Wildman–Crippen MR) is 93.7 cm³/mol. The second-order valence-corrected chi connectivity index (χ2v) is 7.99. The van der Waals surface area contributed by atoms with Gasteiger partial charge in [-0.25, -0.2) is 13.4 Å². The van der Waals surface area contributed by atoms with Crippen LogP contribution < -0.4 is 10.2 Å². The van der Waals surface area contributed by atoms with Crippen molar-refractivity contribution >= 4 is 21.6 Å². The van der Waals surface area contributed by atoms with Crippen molar-refractivity contribution in [1.82, 2.24) is 15.0 Å². The summed E-state index contributed by atoms with van der Waals surface area (Å²) in [5.41, 5.74) is 0.923. The van der Waals surface area contributed by atoms with Gasteiger partial charge in [0.1, 0.15) is 5.82 Å². The Hall–Kier alpha value is -2.22. The molecule has 0 radical (unpaired) electrons. The highest BCUT2D eigenvalue weighted by Crippen LogP contribution is 2.22. The average molecular weight is 347 g/mol. The van der Waals surface area contributed by atoms with Crippen LogP contribution in [0.2, 0.25) is 0 Å². The van der Waals surface area contributed by atoms with Crippen molar-refractivity contribution in [2.45, 2.75) is 25.9 Å². The zero-order valence-electron chi connectivity index (χ0n) is 13.6. The van der Waals surface area contributed by atoms with Crippen molar-refractivity contribution < 1.29 is 8.42 Å². The highest BCUT2D eigenvalue weighted by atomic mass is 32.2. The Labute approximate surface area is 142 Å². The maximum absolute atomic E-state index is 11.7. The van der Waals surface area contributed by atoms with Crippen LogP contribution in [-0.4, -0.2) is 47.5 Å². The number of anilines is 2. The van der Waals surface area contributed by atoms with E-state index in [1.54, 1.807) is 18.5 Å². The van der Waals surface area contributed by atoms with Crippen molar-refractivity contribution in [3.05, 3.63) is 42.4 Å². The van der Waals surface area contributed by atoms with Crippen LogP contribution in [0.15, 0.2) is 36.7 Å². The molecule has 8 heteroatoms. The Balaban J connectivity index is 1.71. The smallest absolute Gasteiger partial charge is 0.227 e. The summed E-state index contributed by atoms with van der Waals surface area (Å²) in [4.78, 5) is 15.1. The van der Waals surface area contributed by atoms with Gasteiger partial charge >= 0.3 is 0 Å². The summed E-state index contributed by atoms with van der Waals surface area (Å²) in [6.07, 6.45) is 4.07. The molecule has 7 nitrogen and oxygen atoms in total. The van der Waals surface area contributed by atoms with E-state index < -0.39 is 9.84 Å². The highest BCUT2D eigenvalue weighted by Gasteiger charge is 2.32. The summed E-state index contributed by atoms with van der Waals surface area (Å²) < 4.78 is 23.5. The maximum Gasteiger partial charge on any atom is 0.227 e. The maximum atomic E-state index is 11.7. The lowest BCUT2D eigenvalue weighted by Gasteiger charge is -2.26. The molecule has 0 aromatic carbocycles. The van der Waals surface area contributed by atoms with Crippen LogP contribution in [0.1, 0.15) is 19.0 Å². The molecule has 1 unspecified atom stereocenters. The molecule has 0 amide bonds. The zero-order chi connectivity index (χ0) is 17.0. The van der Waals surface area contributed by atoms with Gasteiger partial charge in [-0.3, -0.25) is 4.98 Å². The number of rotatable bonds is 6. The first-order valence-electron chi connectivity index (χ1n) is 8.01. The molecule has 1 N–H and O–H groups in total. The topological polar surface area (TPSA) is 88.1 Å². The van der Waals surface area contributed by atoms with E-state index in [1.165, 1.54) is 0 Å². The number of hydrogen-bond donors (Lipinski definition) is 1. The SMILES string of the molecule is CCN(c1nccc(NCc2ccccn2)n1)C1CCS(=O)(=O)C1. The molecule has 24 heavy (non-hydrogen) atoms. The van der Waals surface area contributed by atoms with Crippen molar-refractivity contribution in [2.75, 3.05) is 28.3 Å². The molecule has 1 fully saturated rings. The van der Waals surface area contributed by atoms with Crippen molar-refractivity contribution in [1.29, 1.82) is 0 Å². The number of hydrogen-bond acceptors (Lipinski definition) is 7. The monoisotopic (exact) mass is 347 g/mol. The minimum Gasteiger partial charge on any atom is -0.364 e. The molecular formula is C16H21N5O2S. The Bertz CT molecular complexity index is 782. The standard InChI is InChI=1S/C16H21N5O2S/c1-2-21(14-7-10-24(22,23)12-14)16-18-9-6-15(20-16)19-11-13-5-3-4-8-17-13/h3-6,8-9,14H,2,7,10-12H2,1H3,(H,18,19,20). The molecular weight excluding hydrogens is 326 g/mol. The van der Waals surface area contributed by atoms with E-state index in [-0.39, 0.29) is 17.5 Å². The van der Waals surface area contributed by atoms with Crippen molar-refractivity contribution in [3.63, 3.8) is 0 Å². The van der Waals surface area contributed by atoms with Crippen molar-refractivity contribution in [2.24, 2.45) is 0 Å². The minimum absolute atomic E-state index is 0.0500. The van der Waals surface area contributed by atoms with Gasteiger partial charge in [0.2, 0.25) is 5.95 Å². The van der Waals surface area contributed by atoms with E-state index in [9.17, 15) is 8.42 Å². The highest BCUT2D eigenvalue weighted by molar-refractivity contribution is 7.91. The largest absolute Gasteiger partial charge is 0.364 e. The Kier molecular flexibility index (Phi) is 4.94. The van der Waals surface area contributed by atoms with Gasteiger partial charge in [-0.15, -0.1) is 0 Å². The number of nitrogens with one attached hydrogen (secondary N) is 1. The third-order valence-electron chi connectivity index (χ3n) is 4.07. The second kappa shape index (κ2) is 7.12. The first kappa shape index (κ1) is 16.6. The lowest BCUT2D eigenvalue weighted by Crippen LogP contribution is -2.37. The lowest BCUT2D eigenvalue weighted by atomic mass is 10.2. The van der Waals surface area contributed by atoms with Gasteiger partial charge < -0.3 is 10.2 Å². The number of aromatic nitrogens is 3. The van der Waals surface area contributed by atoms with Gasteiger partial charge in [0.25, 0.3) is 0 Å². The first-order valence-corrected chi connectivity index (χ1v) is 9.83. The summed E-state index contributed by atoms with van der Waals surface area (Å²) in [7, 11) is -2.94. The molecule has 0 saturated carbocycles. The number of sulfone groups is 1. The molecule has 1 aliphatic rings. The molecule has 3 rings (SSSR count). The van der Waals surface area contributed by atoms with Gasteiger partial charge in [0.05, 0.1) is 23.7 Å². The van der Waals surface area contributed by atoms with E-state index in [0.717, 1.165) is 5.69 Å². The Morgan fingerprint density at radius 2 is 2.12 bits per heavy atom. The molecule has 0 bridgehead atoms. The van der Waals surface area contributed by atoms with E-state index >= 15 is 0 Å². The summed E-state index contributed by atoms with van der Waals surface area (Å²) in [5, 5.41) is 3.23. The number of nitrogens with zero attached hydrogens (tertiary/aromatic N) is 4. The van der Waals surface area contributed by atoms with Crippen LogP contribution in [0.4, 0.5) is 11.8 Å². The fraction of sp³-hybridized carbons (Fsp3) is 0.438. The van der Waals surface area contributed by atoms with E-state index in [2.05, 4.69) is 20.3 Å². The molecule has 1 atom stereocenters. The van der Waals surface area contributed by atoms with Gasteiger partial charge in [0.15, 0.2) is 9.84 Å². The molecule has 3 heterocycles. The van der Waals surface area contributed by atoms with E-state index in [0.29, 0.717) is 31.3 Å². The molecule has 0 aliphatic carbocycles. The summed E-state index contributed by atoms with van der Waals surface area (Å²) >= 11 is 0. The van der Waals surface area contributed by atoms with Crippen LogP contribution in [0.25, 0.3) is 0 Å². The number of pyridine rings is 1. The van der Waals surface area contributed by atoms with Crippen molar-refractivity contribution in [3.8, 4) is 0 Å². The molecule has 2 aromatic heterocycles. The second-order valence-electron chi connectivity index (χ2n) is 5.76. The third-order valence-corrected chi connectivity index (χ3v) is 5.82. The van der Waals surface area contributed by atoms with E-state index in [4.69, 9.17) is 0 Å². The van der Waals surface area contributed by atoms with Crippen LogP contribution in [-0.2, 0) is 16.4 Å². The molecule has 1 saturated heterocycles. The average Bonchev–Trinajstić information content (AvgIpc) is 2.95. The molecule has 0 spiro atoms. The summed E-state index contributed by atoms with van der Waals surface area (Å²) in [6.45, 7) is 3.23. The fourth-order valence-corrected chi connectivity index (χ4v) is 4.58. The van der Waals surface area contributed by atoms with Gasteiger partial charge in [0, 0.05) is 25.0 Å². The van der Waals surface area contributed by atoms with Crippen LogP contribution >= 0.6 is 0 Å². The lowest BCUT2D eigenvalue weighted by molar-refractivity contribution is 0.599. The van der Waals surface area contributed by atoms with E-state index in [1.807, 2.05) is 30.0 Å². The molecule has 1 aliphatic heterocycles. The van der Waals surface area contributed by atoms with Gasteiger partial charge in [-0.1, -0.05) is 6.07 Å². The summed E-state index contributed by atoms with van der Waals surface area (Å²) in [6, 6.07) is 7.50. The minimum atomic E-state index is -2.94. The van der Waals surface area contributed by atoms with Crippen LogP contribution in [0.5, 0.6) is 0 Å². The fourth-order valence-electron chi connectivity index (χ4n) is 2.85. The quantitative estimate of drug-likeness (QED) is 0.847. The zero-order valence-corrected chi connectivity index (χ0v) is 14.4. The first-order chi connectivity index (χ1) is 11.6.